The Hall–Kier alpha value is -4.32. The van der Waals surface area contributed by atoms with Gasteiger partial charge in [0.15, 0.2) is 34.6 Å². The number of carbonyl (C=O) groups excluding carboxylic acids is 2. The van der Waals surface area contributed by atoms with E-state index in [0.717, 1.165) is 11.1 Å². The lowest BCUT2D eigenvalue weighted by atomic mass is 10.0. The molecule has 0 saturated carbocycles. The van der Waals surface area contributed by atoms with Crippen LogP contribution in [0.15, 0.2) is 72.8 Å². The Morgan fingerprint density at radius 1 is 0.562 bits per heavy atom. The molecule has 5 rings (SSSR count). The first-order valence-corrected chi connectivity index (χ1v) is 10.00. The first-order valence-electron chi connectivity index (χ1n) is 10.00. The number of ketones is 2. The molecule has 3 aromatic rings. The van der Waals surface area contributed by atoms with Crippen LogP contribution in [0.2, 0.25) is 0 Å². The fourth-order valence-electron chi connectivity index (χ4n) is 3.37. The highest BCUT2D eigenvalue weighted by molar-refractivity contribution is 6.09. The van der Waals surface area contributed by atoms with Crippen molar-refractivity contribution in [2.75, 3.05) is 13.6 Å². The standard InChI is InChI=1S/C26H18O6/c27-21(9-1-17-3-11-23-25(13-17)31-15-29-23)19-5-7-20(8-6-19)22(28)10-2-18-4-12-24-26(14-18)32-16-30-24/h1-14H,15-16H2/b9-1+,10-2+. The zero-order valence-electron chi connectivity index (χ0n) is 16.9. The summed E-state index contributed by atoms with van der Waals surface area (Å²) in [4.78, 5) is 24.9. The number of ether oxygens (including phenoxy) is 4. The SMILES string of the molecule is O=C(/C=C/c1ccc2c(c1)OCO2)c1ccc(C(=O)/C=C/c2ccc3c(c2)OCO3)cc1. The van der Waals surface area contributed by atoms with E-state index in [1.54, 1.807) is 36.4 Å². The van der Waals surface area contributed by atoms with E-state index in [1.807, 2.05) is 36.4 Å². The van der Waals surface area contributed by atoms with Crippen molar-refractivity contribution in [2.45, 2.75) is 0 Å². The van der Waals surface area contributed by atoms with Gasteiger partial charge in [0.25, 0.3) is 0 Å². The first-order chi connectivity index (χ1) is 15.7. The summed E-state index contributed by atoms with van der Waals surface area (Å²) in [6.45, 7) is 0.413. The molecule has 0 aromatic heterocycles. The normalized spacial score (nSPS) is 13.8. The van der Waals surface area contributed by atoms with Crippen molar-refractivity contribution in [1.82, 2.24) is 0 Å². The quantitative estimate of drug-likeness (QED) is 0.411. The molecule has 0 bridgehead atoms. The van der Waals surface area contributed by atoms with Crippen LogP contribution in [0.5, 0.6) is 23.0 Å². The zero-order chi connectivity index (χ0) is 21.9. The Labute approximate surface area is 184 Å². The van der Waals surface area contributed by atoms with Crippen molar-refractivity contribution >= 4 is 23.7 Å². The fraction of sp³-hybridized carbons (Fsp3) is 0.0769. The first kappa shape index (κ1) is 19.6. The summed E-state index contributed by atoms with van der Waals surface area (Å²) in [5.74, 6) is 2.41. The monoisotopic (exact) mass is 426 g/mol. The number of rotatable bonds is 6. The van der Waals surface area contributed by atoms with Crippen LogP contribution in [0, 0.1) is 0 Å². The highest BCUT2D eigenvalue weighted by Gasteiger charge is 2.13. The smallest absolute Gasteiger partial charge is 0.231 e. The van der Waals surface area contributed by atoms with Gasteiger partial charge in [-0.15, -0.1) is 0 Å². The molecule has 0 unspecified atom stereocenters. The molecule has 6 heteroatoms. The second-order valence-corrected chi connectivity index (χ2v) is 7.20. The van der Waals surface area contributed by atoms with Crippen molar-refractivity contribution in [3.63, 3.8) is 0 Å². The van der Waals surface area contributed by atoms with Gasteiger partial charge < -0.3 is 18.9 Å². The van der Waals surface area contributed by atoms with Crippen LogP contribution >= 0.6 is 0 Å². The van der Waals surface area contributed by atoms with Crippen LogP contribution in [-0.2, 0) is 0 Å². The molecular formula is C26H18O6. The number of benzene rings is 3. The largest absolute Gasteiger partial charge is 0.454 e. The summed E-state index contributed by atoms with van der Waals surface area (Å²) in [5, 5.41) is 0. The topological polar surface area (TPSA) is 71.1 Å². The fourth-order valence-corrected chi connectivity index (χ4v) is 3.37. The minimum absolute atomic E-state index is 0.155. The van der Waals surface area contributed by atoms with Crippen molar-refractivity contribution in [1.29, 1.82) is 0 Å². The van der Waals surface area contributed by atoms with Gasteiger partial charge in [0, 0.05) is 11.1 Å². The zero-order valence-corrected chi connectivity index (χ0v) is 16.9. The molecule has 0 fully saturated rings. The van der Waals surface area contributed by atoms with E-state index in [2.05, 4.69) is 0 Å². The van der Waals surface area contributed by atoms with Gasteiger partial charge in [0.2, 0.25) is 13.6 Å². The van der Waals surface area contributed by atoms with E-state index in [4.69, 9.17) is 18.9 Å². The summed E-state index contributed by atoms with van der Waals surface area (Å²) in [6, 6.07) is 17.6. The Bertz CT molecular complexity index is 1160. The molecule has 0 N–H and O–H groups in total. The van der Waals surface area contributed by atoms with Gasteiger partial charge in [-0.3, -0.25) is 9.59 Å². The van der Waals surface area contributed by atoms with Gasteiger partial charge in [-0.2, -0.15) is 0 Å². The molecule has 32 heavy (non-hydrogen) atoms. The predicted molar refractivity (Wildman–Crippen MR) is 118 cm³/mol. The number of carbonyl (C=O) groups is 2. The van der Waals surface area contributed by atoms with Crippen LogP contribution < -0.4 is 18.9 Å². The third kappa shape index (κ3) is 4.11. The van der Waals surface area contributed by atoms with Crippen molar-refractivity contribution in [3.8, 4) is 23.0 Å². The molecule has 0 spiro atoms. The average Bonchev–Trinajstić information content (AvgIpc) is 3.49. The average molecular weight is 426 g/mol. The van der Waals surface area contributed by atoms with Gasteiger partial charge in [0.1, 0.15) is 0 Å². The Kier molecular flexibility index (Phi) is 5.17. The summed E-state index contributed by atoms with van der Waals surface area (Å²) < 4.78 is 21.3. The Balaban J connectivity index is 1.23. The number of hydrogen-bond acceptors (Lipinski definition) is 6. The molecule has 0 amide bonds. The molecule has 0 saturated heterocycles. The lowest BCUT2D eigenvalue weighted by Gasteiger charge is -2.00. The molecule has 158 valence electrons. The number of hydrogen-bond donors (Lipinski definition) is 0. The minimum Gasteiger partial charge on any atom is -0.454 e. The van der Waals surface area contributed by atoms with Crippen molar-refractivity contribution in [2.24, 2.45) is 0 Å². The molecule has 0 radical (unpaired) electrons. The lowest BCUT2D eigenvalue weighted by molar-refractivity contribution is 0.103. The second-order valence-electron chi connectivity index (χ2n) is 7.20. The molecule has 6 nitrogen and oxygen atoms in total. The van der Waals surface area contributed by atoms with E-state index >= 15 is 0 Å². The molecule has 3 aromatic carbocycles. The van der Waals surface area contributed by atoms with E-state index in [9.17, 15) is 9.59 Å². The molecule has 0 atom stereocenters. The van der Waals surface area contributed by atoms with Gasteiger partial charge in [-0.25, -0.2) is 0 Å². The maximum atomic E-state index is 12.5. The maximum Gasteiger partial charge on any atom is 0.231 e. The van der Waals surface area contributed by atoms with Crippen LogP contribution in [0.3, 0.4) is 0 Å². The highest BCUT2D eigenvalue weighted by Crippen LogP contribution is 2.33. The molecular weight excluding hydrogens is 408 g/mol. The number of fused-ring (bicyclic) bond motifs is 2. The third-order valence-corrected chi connectivity index (χ3v) is 5.10. The van der Waals surface area contributed by atoms with E-state index in [1.165, 1.54) is 12.2 Å². The Morgan fingerprint density at radius 2 is 0.969 bits per heavy atom. The summed E-state index contributed by atoms with van der Waals surface area (Å²) in [5.41, 5.74) is 2.67. The van der Waals surface area contributed by atoms with E-state index in [-0.39, 0.29) is 25.2 Å². The van der Waals surface area contributed by atoms with Crippen LogP contribution in [0.25, 0.3) is 12.2 Å². The van der Waals surface area contributed by atoms with Crippen molar-refractivity contribution in [3.05, 3.63) is 95.1 Å². The van der Waals surface area contributed by atoms with Crippen LogP contribution in [0.4, 0.5) is 0 Å². The summed E-state index contributed by atoms with van der Waals surface area (Å²) in [6.07, 6.45) is 6.43. The maximum absolute atomic E-state index is 12.5. The lowest BCUT2D eigenvalue weighted by Crippen LogP contribution is -1.98. The summed E-state index contributed by atoms with van der Waals surface area (Å²) in [7, 11) is 0. The van der Waals surface area contributed by atoms with Gasteiger partial charge in [-0.05, 0) is 47.5 Å². The van der Waals surface area contributed by atoms with E-state index in [0.29, 0.717) is 34.1 Å². The third-order valence-electron chi connectivity index (χ3n) is 5.10. The number of allylic oxidation sites excluding steroid dienone is 2. The molecule has 2 aliphatic rings. The molecule has 0 aliphatic carbocycles. The minimum atomic E-state index is -0.155. The molecule has 2 heterocycles. The Morgan fingerprint density at radius 3 is 1.41 bits per heavy atom. The van der Waals surface area contributed by atoms with Gasteiger partial charge >= 0.3 is 0 Å². The molecule has 2 aliphatic heterocycles. The van der Waals surface area contributed by atoms with Gasteiger partial charge in [0.05, 0.1) is 0 Å². The van der Waals surface area contributed by atoms with Crippen LogP contribution in [-0.4, -0.2) is 25.2 Å². The van der Waals surface area contributed by atoms with Gasteiger partial charge in [-0.1, -0.05) is 48.6 Å². The van der Waals surface area contributed by atoms with E-state index < -0.39 is 0 Å². The predicted octanol–water partition coefficient (Wildman–Crippen LogP) is 4.94. The summed E-state index contributed by atoms with van der Waals surface area (Å²) >= 11 is 0. The second kappa shape index (κ2) is 8.43. The van der Waals surface area contributed by atoms with Crippen molar-refractivity contribution < 1.29 is 28.5 Å². The van der Waals surface area contributed by atoms with Crippen LogP contribution in [0.1, 0.15) is 31.8 Å². The highest BCUT2D eigenvalue weighted by atomic mass is 16.7.